The van der Waals surface area contributed by atoms with Crippen LogP contribution in [0.5, 0.6) is 5.75 Å². The summed E-state index contributed by atoms with van der Waals surface area (Å²) in [5, 5.41) is 9.32. The van der Waals surface area contributed by atoms with Gasteiger partial charge in [-0.15, -0.1) is 0 Å². The zero-order valence-electron chi connectivity index (χ0n) is 19.8. The van der Waals surface area contributed by atoms with Gasteiger partial charge < -0.3 is 19.7 Å². The van der Waals surface area contributed by atoms with Crippen LogP contribution >= 0.6 is 15.9 Å². The standard InChI is InChI=1S/C27H30BrN3O4/c1-31(15-16-32)26(34)23-24(35-18-19-7-3-2-4-8-19)25(33)30-22(29-23)17-27(13-5-6-14-27)20-9-11-21(28)12-10-20/h2-4,7-12,32H,5-6,13-18H2,1H3,(H,29,30,33). The monoisotopic (exact) mass is 539 g/mol. The number of hydrogen-bond acceptors (Lipinski definition) is 5. The first-order chi connectivity index (χ1) is 16.9. The Morgan fingerprint density at radius 2 is 1.83 bits per heavy atom. The van der Waals surface area contributed by atoms with E-state index in [0.717, 1.165) is 35.7 Å². The highest BCUT2D eigenvalue weighted by Crippen LogP contribution is 2.43. The molecule has 35 heavy (non-hydrogen) atoms. The molecule has 1 fully saturated rings. The fourth-order valence-electron chi connectivity index (χ4n) is 4.78. The lowest BCUT2D eigenvalue weighted by molar-refractivity contribution is 0.0754. The van der Waals surface area contributed by atoms with Gasteiger partial charge in [-0.1, -0.05) is 71.2 Å². The van der Waals surface area contributed by atoms with Crippen LogP contribution in [0.4, 0.5) is 0 Å². The highest BCUT2D eigenvalue weighted by molar-refractivity contribution is 9.10. The molecular formula is C27H30BrN3O4. The molecule has 1 aromatic heterocycles. The maximum absolute atomic E-state index is 13.2. The number of hydrogen-bond donors (Lipinski definition) is 2. The smallest absolute Gasteiger partial charge is 0.294 e. The van der Waals surface area contributed by atoms with Gasteiger partial charge in [0, 0.05) is 29.9 Å². The molecule has 0 atom stereocenters. The van der Waals surface area contributed by atoms with Crippen LogP contribution in [-0.2, 0) is 18.4 Å². The quantitative estimate of drug-likeness (QED) is 0.424. The predicted molar refractivity (Wildman–Crippen MR) is 138 cm³/mol. The van der Waals surface area contributed by atoms with E-state index < -0.39 is 11.5 Å². The summed E-state index contributed by atoms with van der Waals surface area (Å²) in [4.78, 5) is 35.3. The zero-order valence-corrected chi connectivity index (χ0v) is 21.4. The summed E-state index contributed by atoms with van der Waals surface area (Å²) >= 11 is 3.51. The second-order valence-electron chi connectivity index (χ2n) is 9.09. The van der Waals surface area contributed by atoms with Gasteiger partial charge in [0.05, 0.1) is 6.61 Å². The summed E-state index contributed by atoms with van der Waals surface area (Å²) in [6.07, 6.45) is 4.69. The lowest BCUT2D eigenvalue weighted by atomic mass is 9.76. The van der Waals surface area contributed by atoms with Gasteiger partial charge in [0.25, 0.3) is 11.5 Å². The third kappa shape index (κ3) is 5.82. The highest BCUT2D eigenvalue weighted by Gasteiger charge is 2.37. The molecule has 0 radical (unpaired) electrons. The molecule has 8 heteroatoms. The molecule has 2 aromatic carbocycles. The van der Waals surface area contributed by atoms with E-state index in [2.05, 4.69) is 38.0 Å². The minimum absolute atomic E-state index is 0.0282. The van der Waals surface area contributed by atoms with E-state index in [-0.39, 0.29) is 36.6 Å². The van der Waals surface area contributed by atoms with Gasteiger partial charge in [-0.2, -0.15) is 0 Å². The molecule has 2 N–H and O–H groups in total. The summed E-state index contributed by atoms with van der Waals surface area (Å²) in [7, 11) is 1.57. The van der Waals surface area contributed by atoms with Gasteiger partial charge in [-0.3, -0.25) is 9.59 Å². The van der Waals surface area contributed by atoms with Gasteiger partial charge in [0.1, 0.15) is 12.4 Å². The van der Waals surface area contributed by atoms with E-state index in [4.69, 9.17) is 4.74 Å². The highest BCUT2D eigenvalue weighted by atomic mass is 79.9. The summed E-state index contributed by atoms with van der Waals surface area (Å²) < 4.78 is 6.84. The Morgan fingerprint density at radius 3 is 2.49 bits per heavy atom. The van der Waals surface area contributed by atoms with Gasteiger partial charge >= 0.3 is 0 Å². The van der Waals surface area contributed by atoms with Crippen molar-refractivity contribution in [3.8, 4) is 5.75 Å². The normalized spacial score (nSPS) is 14.6. The molecule has 0 bridgehead atoms. The van der Waals surface area contributed by atoms with Crippen LogP contribution in [0.2, 0.25) is 0 Å². The summed E-state index contributed by atoms with van der Waals surface area (Å²) in [6.45, 7) is 0.0759. The van der Waals surface area contributed by atoms with Crippen LogP contribution in [0.1, 0.15) is 53.1 Å². The molecule has 0 aliphatic heterocycles. The van der Waals surface area contributed by atoms with E-state index in [1.165, 1.54) is 10.5 Å². The van der Waals surface area contributed by atoms with E-state index in [0.29, 0.717) is 12.2 Å². The van der Waals surface area contributed by atoms with Crippen molar-refractivity contribution < 1.29 is 14.6 Å². The molecular weight excluding hydrogens is 510 g/mol. The van der Waals surface area contributed by atoms with Crippen molar-refractivity contribution in [1.29, 1.82) is 0 Å². The average Bonchev–Trinajstić information content (AvgIpc) is 3.33. The third-order valence-electron chi connectivity index (χ3n) is 6.66. The first kappa shape index (κ1) is 25.1. The van der Waals surface area contributed by atoms with Crippen molar-refractivity contribution in [2.24, 2.45) is 0 Å². The predicted octanol–water partition coefficient (Wildman–Crippen LogP) is 4.23. The second-order valence-corrected chi connectivity index (χ2v) is 10.0. The summed E-state index contributed by atoms with van der Waals surface area (Å²) in [5.41, 5.74) is 1.42. The summed E-state index contributed by atoms with van der Waals surface area (Å²) in [6, 6.07) is 17.7. The fourth-order valence-corrected chi connectivity index (χ4v) is 5.04. The number of H-pyrrole nitrogens is 1. The molecule has 184 valence electrons. The number of amides is 1. The number of nitrogens with one attached hydrogen (secondary N) is 1. The van der Waals surface area contributed by atoms with E-state index in [1.54, 1.807) is 7.05 Å². The van der Waals surface area contributed by atoms with Crippen LogP contribution in [0.3, 0.4) is 0 Å². The van der Waals surface area contributed by atoms with Gasteiger partial charge in [-0.25, -0.2) is 4.98 Å². The number of nitrogens with zero attached hydrogens (tertiary/aromatic N) is 2. The van der Waals surface area contributed by atoms with Gasteiger partial charge in [0.2, 0.25) is 5.75 Å². The Kier molecular flexibility index (Phi) is 8.03. The minimum atomic E-state index is -0.476. The van der Waals surface area contributed by atoms with Crippen molar-refractivity contribution in [3.63, 3.8) is 0 Å². The molecule has 1 aliphatic rings. The first-order valence-electron chi connectivity index (χ1n) is 11.8. The maximum Gasteiger partial charge on any atom is 0.294 e. The van der Waals surface area contributed by atoms with Gasteiger partial charge in [0.15, 0.2) is 5.69 Å². The molecule has 4 rings (SSSR count). The van der Waals surface area contributed by atoms with Gasteiger partial charge in [-0.05, 0) is 36.1 Å². The molecule has 1 amide bonds. The number of likely N-dealkylation sites (N-methyl/N-ethyl adjacent to an activating group) is 1. The Labute approximate surface area is 213 Å². The van der Waals surface area contributed by atoms with Crippen LogP contribution in [0.15, 0.2) is 63.9 Å². The minimum Gasteiger partial charge on any atom is -0.481 e. The number of aliphatic hydroxyl groups is 1. The Hall–Kier alpha value is -2.97. The lowest BCUT2D eigenvalue weighted by Crippen LogP contribution is -2.34. The number of halogens is 1. The van der Waals surface area contributed by atoms with Crippen molar-refractivity contribution in [2.75, 3.05) is 20.2 Å². The van der Waals surface area contributed by atoms with Crippen molar-refractivity contribution >= 4 is 21.8 Å². The topological polar surface area (TPSA) is 95.5 Å². The number of rotatable bonds is 9. The number of aromatic nitrogens is 2. The van der Waals surface area contributed by atoms with Crippen molar-refractivity contribution in [3.05, 3.63) is 92.1 Å². The summed E-state index contributed by atoms with van der Waals surface area (Å²) in [5.74, 6) is -0.0947. The van der Waals surface area contributed by atoms with Crippen LogP contribution < -0.4 is 10.3 Å². The number of carbonyl (C=O) groups excluding carboxylic acids is 1. The Balaban J connectivity index is 1.70. The van der Waals surface area contributed by atoms with E-state index in [1.807, 2.05) is 42.5 Å². The third-order valence-corrected chi connectivity index (χ3v) is 7.19. The van der Waals surface area contributed by atoms with E-state index >= 15 is 0 Å². The molecule has 1 saturated carbocycles. The molecule has 1 heterocycles. The largest absolute Gasteiger partial charge is 0.481 e. The lowest BCUT2D eigenvalue weighted by Gasteiger charge is -2.29. The number of ether oxygens (including phenoxy) is 1. The maximum atomic E-state index is 13.2. The first-order valence-corrected chi connectivity index (χ1v) is 12.6. The van der Waals surface area contributed by atoms with Crippen LogP contribution in [0, 0.1) is 0 Å². The van der Waals surface area contributed by atoms with Crippen molar-refractivity contribution in [2.45, 2.75) is 44.1 Å². The Morgan fingerprint density at radius 1 is 1.14 bits per heavy atom. The molecule has 0 unspecified atom stereocenters. The number of carbonyl (C=O) groups is 1. The van der Waals surface area contributed by atoms with Crippen molar-refractivity contribution in [1.82, 2.24) is 14.9 Å². The molecule has 7 nitrogen and oxygen atoms in total. The van der Waals surface area contributed by atoms with Crippen LogP contribution in [-0.4, -0.2) is 46.1 Å². The zero-order chi connectivity index (χ0) is 24.8. The molecule has 3 aromatic rings. The van der Waals surface area contributed by atoms with E-state index in [9.17, 15) is 14.7 Å². The average molecular weight is 540 g/mol. The molecule has 0 saturated heterocycles. The Bertz CT molecular complexity index is 1210. The molecule has 1 aliphatic carbocycles. The number of aliphatic hydroxyl groups excluding tert-OH is 1. The number of aromatic amines is 1. The van der Waals surface area contributed by atoms with Crippen LogP contribution in [0.25, 0.3) is 0 Å². The molecule has 0 spiro atoms. The SMILES string of the molecule is CN(CCO)C(=O)c1nc(CC2(c3ccc(Br)cc3)CCCC2)[nH]c(=O)c1OCc1ccccc1. The second kappa shape index (κ2) is 11.2. The fraction of sp³-hybridized carbons (Fsp3) is 0.370. The number of benzene rings is 2.